The van der Waals surface area contributed by atoms with E-state index in [-0.39, 0.29) is 23.9 Å². The van der Waals surface area contributed by atoms with Crippen LogP contribution in [0.5, 0.6) is 0 Å². The lowest BCUT2D eigenvalue weighted by Crippen LogP contribution is -2.53. The van der Waals surface area contributed by atoms with Crippen molar-refractivity contribution in [2.24, 2.45) is 0 Å². The van der Waals surface area contributed by atoms with E-state index in [9.17, 15) is 9.59 Å². The fourth-order valence-corrected chi connectivity index (χ4v) is 1.60. The Labute approximate surface area is 90.0 Å². The zero-order chi connectivity index (χ0) is 11.4. The van der Waals surface area contributed by atoms with Crippen LogP contribution in [0.4, 0.5) is 0 Å². The van der Waals surface area contributed by atoms with E-state index in [0.29, 0.717) is 12.8 Å². The maximum Gasteiger partial charge on any atom is 0.246 e. The van der Waals surface area contributed by atoms with Crippen molar-refractivity contribution in [1.29, 1.82) is 0 Å². The van der Waals surface area contributed by atoms with Crippen molar-refractivity contribution in [3.8, 4) is 12.3 Å². The van der Waals surface area contributed by atoms with Gasteiger partial charge in [0.2, 0.25) is 11.8 Å². The molecule has 1 aliphatic rings. The van der Waals surface area contributed by atoms with Crippen LogP contribution >= 0.6 is 0 Å². The lowest BCUT2D eigenvalue weighted by Gasteiger charge is -2.29. The molecule has 0 aromatic heterocycles. The van der Waals surface area contributed by atoms with Crippen molar-refractivity contribution in [2.45, 2.75) is 38.3 Å². The van der Waals surface area contributed by atoms with Gasteiger partial charge in [0.15, 0.2) is 0 Å². The maximum absolute atomic E-state index is 11.7. The summed E-state index contributed by atoms with van der Waals surface area (Å²) in [7, 11) is 1.51. The molecule has 0 radical (unpaired) electrons. The fraction of sp³-hybridized carbons (Fsp3) is 0.636. The van der Waals surface area contributed by atoms with Gasteiger partial charge in [-0.25, -0.2) is 0 Å². The molecule has 0 bridgehead atoms. The molecule has 1 heterocycles. The highest BCUT2D eigenvalue weighted by Crippen LogP contribution is 2.12. The predicted molar refractivity (Wildman–Crippen MR) is 56.8 cm³/mol. The second-order valence-electron chi connectivity index (χ2n) is 3.68. The molecule has 4 nitrogen and oxygen atoms in total. The van der Waals surface area contributed by atoms with E-state index in [1.165, 1.54) is 11.9 Å². The Morgan fingerprint density at radius 2 is 2.33 bits per heavy atom. The molecule has 2 amide bonds. The standard InChI is InChI=1S/C11H16N2O2/c1-4-8(5-2)12-9-6-7-10(14)13(3)11(9)15/h1,8-9,12H,5-7H2,2-3H3. The second kappa shape index (κ2) is 4.94. The monoisotopic (exact) mass is 208 g/mol. The van der Waals surface area contributed by atoms with Crippen molar-refractivity contribution >= 4 is 11.8 Å². The quantitative estimate of drug-likeness (QED) is 0.530. The highest BCUT2D eigenvalue weighted by Gasteiger charge is 2.32. The molecule has 0 aliphatic carbocycles. The molecule has 0 aromatic carbocycles. The van der Waals surface area contributed by atoms with E-state index in [1.54, 1.807) is 0 Å². The molecule has 1 rings (SSSR count). The molecule has 1 aliphatic heterocycles. The molecule has 2 atom stereocenters. The van der Waals surface area contributed by atoms with Gasteiger partial charge in [0.1, 0.15) is 0 Å². The van der Waals surface area contributed by atoms with Crippen molar-refractivity contribution in [2.75, 3.05) is 7.05 Å². The van der Waals surface area contributed by atoms with E-state index in [0.717, 1.165) is 6.42 Å². The summed E-state index contributed by atoms with van der Waals surface area (Å²) in [6.45, 7) is 1.96. The third-order valence-corrected chi connectivity index (χ3v) is 2.66. The first kappa shape index (κ1) is 11.7. The summed E-state index contributed by atoms with van der Waals surface area (Å²) in [4.78, 5) is 24.1. The van der Waals surface area contributed by atoms with Crippen LogP contribution in [0.15, 0.2) is 0 Å². The lowest BCUT2D eigenvalue weighted by atomic mass is 10.0. The number of hydrogen-bond acceptors (Lipinski definition) is 3. The fourth-order valence-electron chi connectivity index (χ4n) is 1.60. The van der Waals surface area contributed by atoms with Crippen LogP contribution in [-0.2, 0) is 9.59 Å². The maximum atomic E-state index is 11.7. The van der Waals surface area contributed by atoms with Gasteiger partial charge in [-0.15, -0.1) is 6.42 Å². The van der Waals surface area contributed by atoms with Gasteiger partial charge in [-0.3, -0.25) is 19.8 Å². The van der Waals surface area contributed by atoms with E-state index in [4.69, 9.17) is 6.42 Å². The topological polar surface area (TPSA) is 49.4 Å². The van der Waals surface area contributed by atoms with Gasteiger partial charge in [-0.05, 0) is 12.8 Å². The third-order valence-electron chi connectivity index (χ3n) is 2.66. The molecule has 2 unspecified atom stereocenters. The number of terminal acetylenes is 1. The number of carbonyl (C=O) groups excluding carboxylic acids is 2. The normalized spacial score (nSPS) is 23.8. The SMILES string of the molecule is C#CC(CC)NC1CCC(=O)N(C)C1=O. The zero-order valence-corrected chi connectivity index (χ0v) is 9.12. The molecule has 1 fully saturated rings. The predicted octanol–water partition coefficient (Wildman–Crippen LogP) is 0.135. The average molecular weight is 208 g/mol. The molecule has 1 N–H and O–H groups in total. The van der Waals surface area contributed by atoms with Crippen molar-refractivity contribution < 1.29 is 9.59 Å². The van der Waals surface area contributed by atoms with Crippen molar-refractivity contribution in [1.82, 2.24) is 10.2 Å². The first-order chi connectivity index (χ1) is 7.10. The van der Waals surface area contributed by atoms with Crippen LogP contribution < -0.4 is 5.32 Å². The highest BCUT2D eigenvalue weighted by molar-refractivity contribution is 6.00. The van der Waals surface area contributed by atoms with Crippen LogP contribution in [0.2, 0.25) is 0 Å². The van der Waals surface area contributed by atoms with Gasteiger partial charge < -0.3 is 0 Å². The van der Waals surface area contributed by atoms with Gasteiger partial charge in [0.05, 0.1) is 12.1 Å². The summed E-state index contributed by atoms with van der Waals surface area (Å²) < 4.78 is 0. The van der Waals surface area contributed by atoms with E-state index in [1.807, 2.05) is 6.92 Å². The molecular formula is C11H16N2O2. The highest BCUT2D eigenvalue weighted by atomic mass is 16.2. The number of hydrogen-bond donors (Lipinski definition) is 1. The molecule has 0 aromatic rings. The first-order valence-electron chi connectivity index (χ1n) is 5.12. The van der Waals surface area contributed by atoms with E-state index >= 15 is 0 Å². The number of carbonyl (C=O) groups is 2. The van der Waals surface area contributed by atoms with Gasteiger partial charge in [-0.2, -0.15) is 0 Å². The van der Waals surface area contributed by atoms with Crippen molar-refractivity contribution in [3.05, 3.63) is 0 Å². The number of rotatable bonds is 3. The minimum atomic E-state index is -0.311. The van der Waals surface area contributed by atoms with Crippen LogP contribution in [0, 0.1) is 12.3 Å². The largest absolute Gasteiger partial charge is 0.292 e. The van der Waals surface area contributed by atoms with Gasteiger partial charge in [0.25, 0.3) is 0 Å². The summed E-state index contributed by atoms with van der Waals surface area (Å²) in [5, 5.41) is 3.08. The number of nitrogens with zero attached hydrogens (tertiary/aromatic N) is 1. The number of likely N-dealkylation sites (N-methyl/N-ethyl adjacent to an activating group) is 1. The van der Waals surface area contributed by atoms with Gasteiger partial charge in [0, 0.05) is 13.5 Å². The summed E-state index contributed by atoms with van der Waals surface area (Å²) in [5.74, 6) is 2.28. The summed E-state index contributed by atoms with van der Waals surface area (Å²) >= 11 is 0. The summed E-state index contributed by atoms with van der Waals surface area (Å²) in [5.41, 5.74) is 0. The Morgan fingerprint density at radius 1 is 1.67 bits per heavy atom. The van der Waals surface area contributed by atoms with E-state index < -0.39 is 0 Å². The molecule has 82 valence electrons. The van der Waals surface area contributed by atoms with Crippen molar-refractivity contribution in [3.63, 3.8) is 0 Å². The number of piperidine rings is 1. The number of amides is 2. The Bertz CT molecular complexity index is 306. The molecular weight excluding hydrogens is 192 g/mol. The van der Waals surface area contributed by atoms with Crippen LogP contribution in [0.3, 0.4) is 0 Å². The number of nitrogens with one attached hydrogen (secondary N) is 1. The number of imide groups is 1. The Kier molecular flexibility index (Phi) is 3.87. The molecule has 0 saturated carbocycles. The van der Waals surface area contributed by atoms with Crippen LogP contribution in [-0.4, -0.2) is 35.8 Å². The summed E-state index contributed by atoms with van der Waals surface area (Å²) in [6.07, 6.45) is 7.02. The molecule has 15 heavy (non-hydrogen) atoms. The molecule has 4 heteroatoms. The Morgan fingerprint density at radius 3 is 2.87 bits per heavy atom. The lowest BCUT2D eigenvalue weighted by molar-refractivity contribution is -0.148. The second-order valence-corrected chi connectivity index (χ2v) is 3.68. The Balaban J connectivity index is 2.61. The third kappa shape index (κ3) is 2.57. The van der Waals surface area contributed by atoms with Crippen LogP contribution in [0.25, 0.3) is 0 Å². The summed E-state index contributed by atoms with van der Waals surface area (Å²) in [6, 6.07) is -0.408. The minimum absolute atomic E-state index is 0.0967. The molecule has 1 saturated heterocycles. The van der Waals surface area contributed by atoms with Crippen LogP contribution in [0.1, 0.15) is 26.2 Å². The first-order valence-corrected chi connectivity index (χ1v) is 5.12. The van der Waals surface area contributed by atoms with Gasteiger partial charge in [-0.1, -0.05) is 12.8 Å². The zero-order valence-electron chi connectivity index (χ0n) is 9.12. The Hall–Kier alpha value is -1.34. The smallest absolute Gasteiger partial charge is 0.246 e. The van der Waals surface area contributed by atoms with Gasteiger partial charge >= 0.3 is 0 Å². The average Bonchev–Trinajstić information content (AvgIpc) is 2.25. The minimum Gasteiger partial charge on any atom is -0.292 e. The number of likely N-dealkylation sites (tertiary alicyclic amines) is 1. The molecule has 0 spiro atoms. The van der Waals surface area contributed by atoms with E-state index in [2.05, 4.69) is 11.2 Å².